The number of carbonyl (C=O) groups excluding carboxylic acids is 2. The number of ether oxygens (including phenoxy) is 2. The van der Waals surface area contributed by atoms with Gasteiger partial charge in [0.05, 0.1) is 11.7 Å². The topological polar surface area (TPSA) is 91.9 Å². The van der Waals surface area contributed by atoms with Gasteiger partial charge in [-0.15, -0.1) is 0 Å². The zero-order chi connectivity index (χ0) is 24.0. The van der Waals surface area contributed by atoms with Crippen LogP contribution in [0.25, 0.3) is 0 Å². The van der Waals surface area contributed by atoms with Gasteiger partial charge in [0.15, 0.2) is 0 Å². The van der Waals surface area contributed by atoms with Gasteiger partial charge in [0.2, 0.25) is 0 Å². The van der Waals surface area contributed by atoms with Crippen molar-refractivity contribution in [2.24, 2.45) is 5.92 Å². The number of hydrogen-bond donors (Lipinski definition) is 3. The van der Waals surface area contributed by atoms with Crippen molar-refractivity contribution in [3.05, 3.63) is 53.1 Å². The maximum Gasteiger partial charge on any atom is 0.323 e. The molecular weight excluding hydrogens is 444 g/mol. The lowest BCUT2D eigenvalue weighted by atomic mass is 10.0. The molecule has 0 bridgehead atoms. The van der Waals surface area contributed by atoms with E-state index in [0.29, 0.717) is 40.9 Å². The molecule has 3 atom stereocenters. The number of likely N-dealkylation sites (N-methyl/N-ethyl adjacent to an activating group) is 1. The van der Waals surface area contributed by atoms with Gasteiger partial charge in [-0.25, -0.2) is 4.79 Å². The molecule has 0 saturated carbocycles. The number of benzene rings is 2. The zero-order valence-corrected chi connectivity index (χ0v) is 20.1. The summed E-state index contributed by atoms with van der Waals surface area (Å²) in [6, 6.07) is 11.5. The molecule has 0 aliphatic carbocycles. The average Bonchev–Trinajstić information content (AvgIpc) is 2.80. The second-order valence-electron chi connectivity index (χ2n) is 8.35. The number of amides is 3. The quantitative estimate of drug-likeness (QED) is 0.623. The minimum Gasteiger partial charge on any atom is -0.491 e. The van der Waals surface area contributed by atoms with Crippen LogP contribution in [0.4, 0.5) is 16.2 Å². The number of carbonyl (C=O) groups is 2. The van der Waals surface area contributed by atoms with Gasteiger partial charge in [-0.05, 0) is 55.3 Å². The molecule has 0 saturated heterocycles. The number of urea groups is 1. The minimum absolute atomic E-state index is 0.0908. The van der Waals surface area contributed by atoms with Crippen LogP contribution < -0.4 is 20.7 Å². The summed E-state index contributed by atoms with van der Waals surface area (Å²) in [5.41, 5.74) is 1.45. The molecule has 3 rings (SSSR count). The molecule has 2 aromatic rings. The predicted molar refractivity (Wildman–Crippen MR) is 130 cm³/mol. The molecule has 0 aromatic heterocycles. The van der Waals surface area contributed by atoms with E-state index in [2.05, 4.69) is 22.9 Å². The molecule has 0 fully saturated rings. The third kappa shape index (κ3) is 6.83. The Balaban J connectivity index is 1.81. The Morgan fingerprint density at radius 2 is 1.82 bits per heavy atom. The van der Waals surface area contributed by atoms with Crippen molar-refractivity contribution in [2.75, 3.05) is 44.5 Å². The highest BCUT2D eigenvalue weighted by Crippen LogP contribution is 2.26. The molecule has 0 radical (unpaired) electrons. The molecule has 178 valence electrons. The number of methoxy groups -OCH3 is 1. The van der Waals surface area contributed by atoms with E-state index in [0.717, 1.165) is 6.54 Å². The number of hydrogen-bond acceptors (Lipinski definition) is 5. The van der Waals surface area contributed by atoms with Gasteiger partial charge in [-0.1, -0.05) is 18.5 Å². The maximum atomic E-state index is 13.3. The summed E-state index contributed by atoms with van der Waals surface area (Å²) < 4.78 is 11.6. The van der Waals surface area contributed by atoms with Crippen molar-refractivity contribution in [2.45, 2.75) is 26.0 Å². The second-order valence-corrected chi connectivity index (χ2v) is 8.79. The number of fused-ring (bicyclic) bond motifs is 1. The van der Waals surface area contributed by atoms with Crippen LogP contribution in [-0.4, -0.2) is 62.8 Å². The largest absolute Gasteiger partial charge is 0.491 e. The number of nitrogens with one attached hydrogen (secondary N) is 3. The van der Waals surface area contributed by atoms with Crippen LogP contribution >= 0.6 is 11.6 Å². The summed E-state index contributed by atoms with van der Waals surface area (Å²) in [7, 11) is 3.40. The third-order valence-electron chi connectivity index (χ3n) is 5.58. The Kier molecular flexibility index (Phi) is 8.55. The first-order chi connectivity index (χ1) is 15.8. The van der Waals surface area contributed by atoms with Gasteiger partial charge < -0.3 is 30.3 Å². The van der Waals surface area contributed by atoms with Crippen molar-refractivity contribution < 1.29 is 19.1 Å². The van der Waals surface area contributed by atoms with Crippen LogP contribution in [0.2, 0.25) is 5.02 Å². The first-order valence-electron chi connectivity index (χ1n) is 10.9. The van der Waals surface area contributed by atoms with E-state index < -0.39 is 6.03 Å². The van der Waals surface area contributed by atoms with Crippen LogP contribution in [0, 0.1) is 5.92 Å². The van der Waals surface area contributed by atoms with Gasteiger partial charge in [0.1, 0.15) is 12.4 Å². The summed E-state index contributed by atoms with van der Waals surface area (Å²) in [4.78, 5) is 27.4. The van der Waals surface area contributed by atoms with Crippen molar-refractivity contribution >= 4 is 34.9 Å². The van der Waals surface area contributed by atoms with Crippen LogP contribution in [0.5, 0.6) is 5.75 Å². The van der Waals surface area contributed by atoms with E-state index in [9.17, 15) is 9.59 Å². The normalized spacial score (nSPS) is 21.8. The Labute approximate surface area is 199 Å². The zero-order valence-electron chi connectivity index (χ0n) is 19.4. The fraction of sp³-hybridized carbons (Fsp3) is 0.417. The van der Waals surface area contributed by atoms with Crippen LogP contribution in [-0.2, 0) is 4.74 Å². The lowest BCUT2D eigenvalue weighted by Crippen LogP contribution is -2.44. The SMILES string of the molecule is CO[C@H]1CN(C)C(=O)c2cc(NC(=O)Nc3ccc(Cl)cc3)ccc2OC[C@H](C)NC[C@@H]1C. The lowest BCUT2D eigenvalue weighted by Gasteiger charge is -2.30. The smallest absolute Gasteiger partial charge is 0.323 e. The third-order valence-corrected chi connectivity index (χ3v) is 5.84. The summed E-state index contributed by atoms with van der Waals surface area (Å²) in [6.07, 6.45) is -0.117. The standard InChI is InChI=1S/C24H31ClN4O4/c1-15-12-26-16(2)14-33-21-10-9-19(11-20(21)23(30)29(3)13-22(15)32-4)28-24(31)27-18-7-5-17(25)6-8-18/h5-11,15-16,22,26H,12-14H2,1-4H3,(H2,27,28,31)/t15-,16-,22-/m0/s1. The van der Waals surface area contributed by atoms with Gasteiger partial charge in [-0.3, -0.25) is 4.79 Å². The molecule has 3 amide bonds. The molecule has 9 heteroatoms. The second kappa shape index (κ2) is 11.4. The molecule has 3 N–H and O–H groups in total. The van der Waals surface area contributed by atoms with Gasteiger partial charge >= 0.3 is 6.03 Å². The predicted octanol–water partition coefficient (Wildman–Crippen LogP) is 4.08. The Hall–Kier alpha value is -2.81. The highest BCUT2D eigenvalue weighted by Gasteiger charge is 2.25. The molecule has 2 aromatic carbocycles. The first-order valence-corrected chi connectivity index (χ1v) is 11.3. The maximum absolute atomic E-state index is 13.3. The van der Waals surface area contributed by atoms with Crippen molar-refractivity contribution in [1.29, 1.82) is 0 Å². The number of nitrogens with zero attached hydrogens (tertiary/aromatic N) is 1. The molecule has 1 aliphatic heterocycles. The summed E-state index contributed by atoms with van der Waals surface area (Å²) in [5, 5.41) is 9.54. The minimum atomic E-state index is -0.432. The fourth-order valence-corrected chi connectivity index (χ4v) is 3.69. The highest BCUT2D eigenvalue weighted by atomic mass is 35.5. The molecule has 1 heterocycles. The van der Waals surface area contributed by atoms with E-state index in [1.165, 1.54) is 0 Å². The van der Waals surface area contributed by atoms with Gasteiger partial charge in [0, 0.05) is 49.7 Å². The van der Waals surface area contributed by atoms with Crippen molar-refractivity contribution in [3.63, 3.8) is 0 Å². The van der Waals surface area contributed by atoms with Crippen LogP contribution in [0.1, 0.15) is 24.2 Å². The molecule has 1 aliphatic rings. The number of anilines is 2. The average molecular weight is 475 g/mol. The first kappa shape index (κ1) is 24.8. The molecule has 0 unspecified atom stereocenters. The molecular formula is C24H31ClN4O4. The highest BCUT2D eigenvalue weighted by molar-refractivity contribution is 6.30. The fourth-order valence-electron chi connectivity index (χ4n) is 3.56. The van der Waals surface area contributed by atoms with E-state index in [1.807, 2.05) is 6.92 Å². The van der Waals surface area contributed by atoms with E-state index in [4.69, 9.17) is 21.1 Å². The molecule has 0 spiro atoms. The van der Waals surface area contributed by atoms with Gasteiger partial charge in [-0.2, -0.15) is 0 Å². The summed E-state index contributed by atoms with van der Waals surface area (Å²) >= 11 is 5.88. The van der Waals surface area contributed by atoms with Crippen molar-refractivity contribution in [3.8, 4) is 5.75 Å². The monoisotopic (exact) mass is 474 g/mol. The van der Waals surface area contributed by atoms with Crippen LogP contribution in [0.3, 0.4) is 0 Å². The lowest BCUT2D eigenvalue weighted by molar-refractivity contribution is 0.0281. The number of halogens is 1. The Bertz CT molecular complexity index is 969. The number of rotatable bonds is 3. The van der Waals surface area contributed by atoms with Crippen molar-refractivity contribution in [1.82, 2.24) is 10.2 Å². The molecule has 33 heavy (non-hydrogen) atoms. The summed E-state index contributed by atoms with van der Waals surface area (Å²) in [5.74, 6) is 0.463. The Morgan fingerprint density at radius 1 is 1.15 bits per heavy atom. The summed E-state index contributed by atoms with van der Waals surface area (Å²) in [6.45, 7) is 5.71. The van der Waals surface area contributed by atoms with E-state index in [1.54, 1.807) is 61.5 Å². The van der Waals surface area contributed by atoms with E-state index >= 15 is 0 Å². The van der Waals surface area contributed by atoms with E-state index in [-0.39, 0.29) is 24.0 Å². The Morgan fingerprint density at radius 3 is 2.52 bits per heavy atom. The van der Waals surface area contributed by atoms with Gasteiger partial charge in [0.25, 0.3) is 5.91 Å². The van der Waals surface area contributed by atoms with Crippen LogP contribution in [0.15, 0.2) is 42.5 Å². The molecule has 8 nitrogen and oxygen atoms in total.